The lowest BCUT2D eigenvalue weighted by Gasteiger charge is -2.39. The average molecular weight is 468 g/mol. The second-order valence-electron chi connectivity index (χ2n) is 10.2. The molecule has 4 nitrogen and oxygen atoms in total. The summed E-state index contributed by atoms with van der Waals surface area (Å²) >= 11 is 0. The van der Waals surface area contributed by atoms with Gasteiger partial charge < -0.3 is 14.7 Å². The Bertz CT molecular complexity index is 1010. The van der Waals surface area contributed by atoms with Crippen molar-refractivity contribution < 1.29 is 13.6 Å². The maximum atomic E-state index is 14.2. The Kier molecular flexibility index (Phi) is 6.87. The van der Waals surface area contributed by atoms with Gasteiger partial charge in [0.25, 0.3) is 0 Å². The minimum Gasteiger partial charge on any atom is -0.340 e. The van der Waals surface area contributed by atoms with Gasteiger partial charge in [-0.05, 0) is 93.6 Å². The highest BCUT2D eigenvalue weighted by Gasteiger charge is 2.42. The first kappa shape index (κ1) is 23.3. The van der Waals surface area contributed by atoms with Crippen molar-refractivity contribution in [2.75, 3.05) is 31.1 Å². The summed E-state index contributed by atoms with van der Waals surface area (Å²) in [4.78, 5) is 19.0. The summed E-state index contributed by atoms with van der Waals surface area (Å²) in [6.07, 6.45) is 7.14. The molecular weight excluding hydrogens is 432 g/mol. The van der Waals surface area contributed by atoms with Crippen LogP contribution in [-0.4, -0.2) is 54.0 Å². The summed E-state index contributed by atoms with van der Waals surface area (Å²) in [6, 6.07) is 12.3. The van der Waals surface area contributed by atoms with Crippen LogP contribution in [0.3, 0.4) is 0 Å². The zero-order chi connectivity index (χ0) is 23.7. The molecule has 0 bridgehead atoms. The molecule has 0 N–H and O–H groups in total. The van der Waals surface area contributed by atoms with Crippen molar-refractivity contribution in [3.63, 3.8) is 0 Å². The number of rotatable bonds is 7. The van der Waals surface area contributed by atoms with Crippen molar-refractivity contribution in [1.82, 2.24) is 9.80 Å². The van der Waals surface area contributed by atoms with E-state index in [9.17, 15) is 13.6 Å². The fraction of sp³-hybridized carbons (Fsp3) is 0.536. The fourth-order valence-corrected chi connectivity index (χ4v) is 6.20. The van der Waals surface area contributed by atoms with Crippen LogP contribution < -0.4 is 4.90 Å². The van der Waals surface area contributed by atoms with E-state index in [2.05, 4.69) is 21.6 Å². The van der Waals surface area contributed by atoms with E-state index < -0.39 is 0 Å². The fourth-order valence-electron chi connectivity index (χ4n) is 6.20. The molecule has 0 saturated carbocycles. The molecule has 2 saturated heterocycles. The monoisotopic (exact) mass is 467 g/mol. The second kappa shape index (κ2) is 10.0. The Labute approximate surface area is 201 Å². The first-order chi connectivity index (χ1) is 16.5. The van der Waals surface area contributed by atoms with E-state index in [0.717, 1.165) is 81.6 Å². The lowest BCUT2D eigenvalue weighted by molar-refractivity contribution is -0.135. The molecule has 3 heterocycles. The highest BCUT2D eigenvalue weighted by molar-refractivity contribution is 5.77. The normalized spacial score (nSPS) is 23.7. The van der Waals surface area contributed by atoms with Gasteiger partial charge in [-0.1, -0.05) is 6.42 Å². The number of hydrogen-bond acceptors (Lipinski definition) is 3. The molecule has 182 valence electrons. The van der Waals surface area contributed by atoms with Crippen LogP contribution in [0.2, 0.25) is 0 Å². The van der Waals surface area contributed by atoms with Crippen molar-refractivity contribution in [1.29, 1.82) is 0 Å². The highest BCUT2D eigenvalue weighted by atomic mass is 19.1. The Morgan fingerprint density at radius 3 is 2.59 bits per heavy atom. The van der Waals surface area contributed by atoms with Crippen molar-refractivity contribution >= 4 is 17.3 Å². The Morgan fingerprint density at radius 2 is 1.79 bits per heavy atom. The van der Waals surface area contributed by atoms with Crippen LogP contribution in [0.15, 0.2) is 42.5 Å². The van der Waals surface area contributed by atoms with E-state index in [-0.39, 0.29) is 23.6 Å². The number of hydrogen-bond donors (Lipinski definition) is 0. The predicted octanol–water partition coefficient (Wildman–Crippen LogP) is 5.85. The third-order valence-electron chi connectivity index (χ3n) is 7.98. The molecule has 5 rings (SSSR count). The molecule has 2 aromatic rings. The number of halogens is 2. The summed E-state index contributed by atoms with van der Waals surface area (Å²) in [5.41, 5.74) is 3.08. The number of benzene rings is 2. The van der Waals surface area contributed by atoms with E-state index in [1.54, 1.807) is 6.07 Å². The van der Waals surface area contributed by atoms with Crippen LogP contribution >= 0.6 is 0 Å². The maximum absolute atomic E-state index is 14.2. The number of carbonyl (C=O) groups is 1. The van der Waals surface area contributed by atoms with Crippen molar-refractivity contribution in [2.45, 2.75) is 69.9 Å². The van der Waals surface area contributed by atoms with Gasteiger partial charge in [0.1, 0.15) is 11.6 Å². The quantitative estimate of drug-likeness (QED) is 0.478. The molecule has 0 radical (unpaired) electrons. The molecular formula is C28H35F2N3O. The molecule has 6 heteroatoms. The minimum absolute atomic E-state index is 0.197. The third-order valence-corrected chi connectivity index (χ3v) is 7.98. The number of fused-ring (bicyclic) bond motifs is 3. The van der Waals surface area contributed by atoms with Crippen LogP contribution in [0.1, 0.15) is 63.4 Å². The number of carbonyl (C=O) groups excluding carboxylic acids is 1. The van der Waals surface area contributed by atoms with Gasteiger partial charge in [-0.15, -0.1) is 0 Å². The summed E-state index contributed by atoms with van der Waals surface area (Å²) in [7, 11) is 0. The van der Waals surface area contributed by atoms with Crippen LogP contribution in [0.5, 0.6) is 0 Å². The number of nitrogens with zero attached hydrogens (tertiary/aromatic N) is 3. The Hall–Kier alpha value is -2.47. The predicted molar refractivity (Wildman–Crippen MR) is 131 cm³/mol. The molecule has 0 aromatic heterocycles. The van der Waals surface area contributed by atoms with Crippen LogP contribution in [0.4, 0.5) is 20.2 Å². The van der Waals surface area contributed by atoms with E-state index in [4.69, 9.17) is 0 Å². The van der Waals surface area contributed by atoms with Crippen molar-refractivity contribution in [2.24, 2.45) is 0 Å². The van der Waals surface area contributed by atoms with E-state index >= 15 is 0 Å². The molecule has 1 amide bonds. The average Bonchev–Trinajstić information content (AvgIpc) is 3.15. The summed E-state index contributed by atoms with van der Waals surface area (Å²) in [5, 5.41) is 0. The number of amides is 1. The molecule has 3 atom stereocenters. The highest BCUT2D eigenvalue weighted by Crippen LogP contribution is 2.48. The number of unbranched alkanes of at least 4 members (excludes halogenated alkanes) is 1. The molecule has 3 unspecified atom stereocenters. The Morgan fingerprint density at radius 1 is 1.00 bits per heavy atom. The van der Waals surface area contributed by atoms with Gasteiger partial charge in [0, 0.05) is 55.4 Å². The molecule has 3 aliphatic rings. The maximum Gasteiger partial charge on any atom is 0.222 e. The van der Waals surface area contributed by atoms with Gasteiger partial charge >= 0.3 is 0 Å². The summed E-state index contributed by atoms with van der Waals surface area (Å²) in [6.45, 7) is 6.05. The Balaban J connectivity index is 1.20. The summed E-state index contributed by atoms with van der Waals surface area (Å²) in [5.74, 6) is 0.123. The van der Waals surface area contributed by atoms with Crippen LogP contribution in [-0.2, 0) is 4.79 Å². The number of piperidine rings is 2. The van der Waals surface area contributed by atoms with E-state index in [1.165, 1.54) is 18.2 Å². The molecule has 34 heavy (non-hydrogen) atoms. The first-order valence-corrected chi connectivity index (χ1v) is 12.9. The van der Waals surface area contributed by atoms with Crippen LogP contribution in [0.25, 0.3) is 0 Å². The zero-order valence-electron chi connectivity index (χ0n) is 20.1. The summed E-state index contributed by atoms with van der Waals surface area (Å²) < 4.78 is 27.7. The first-order valence-electron chi connectivity index (χ1n) is 12.9. The van der Waals surface area contributed by atoms with Gasteiger partial charge in [0.2, 0.25) is 5.91 Å². The van der Waals surface area contributed by atoms with E-state index in [0.29, 0.717) is 18.4 Å². The van der Waals surface area contributed by atoms with Gasteiger partial charge in [-0.25, -0.2) is 8.78 Å². The molecule has 2 fully saturated rings. The van der Waals surface area contributed by atoms with Gasteiger partial charge in [0.15, 0.2) is 0 Å². The molecule has 3 aliphatic heterocycles. The second-order valence-corrected chi connectivity index (χ2v) is 10.2. The minimum atomic E-state index is -0.243. The molecule has 0 aliphatic carbocycles. The SMILES string of the molecule is CC(CCCCN1CCC2C(C1)c1cc(F)ccc1N2c1ccc(F)cc1)N1CCCCC1=O. The molecule has 2 aromatic carbocycles. The van der Waals surface area contributed by atoms with Gasteiger partial charge in [-0.3, -0.25) is 4.79 Å². The lowest BCUT2D eigenvalue weighted by Crippen LogP contribution is -2.45. The zero-order valence-corrected chi connectivity index (χ0v) is 20.1. The van der Waals surface area contributed by atoms with Gasteiger partial charge in [-0.2, -0.15) is 0 Å². The van der Waals surface area contributed by atoms with Gasteiger partial charge in [0.05, 0.1) is 0 Å². The third kappa shape index (κ3) is 4.70. The van der Waals surface area contributed by atoms with E-state index in [1.807, 2.05) is 18.2 Å². The largest absolute Gasteiger partial charge is 0.340 e. The smallest absolute Gasteiger partial charge is 0.222 e. The standard InChI is InChI=1S/C28H35F2N3O/c1-20(32-16-5-3-7-28(32)34)6-2-4-15-31-17-14-27-25(19-31)24-18-22(30)10-13-26(24)33(27)23-11-8-21(29)9-12-23/h8-13,18,20,25,27H,2-7,14-17,19H2,1H3. The van der Waals surface area contributed by atoms with Crippen molar-refractivity contribution in [3.8, 4) is 0 Å². The topological polar surface area (TPSA) is 26.8 Å². The number of anilines is 2. The van der Waals surface area contributed by atoms with Crippen LogP contribution in [0, 0.1) is 11.6 Å². The lowest BCUT2D eigenvalue weighted by atomic mass is 9.88. The van der Waals surface area contributed by atoms with Crippen molar-refractivity contribution in [3.05, 3.63) is 59.7 Å². The molecule has 0 spiro atoms. The number of likely N-dealkylation sites (tertiary alicyclic amines) is 2.